The minimum atomic E-state index is -0.415. The van der Waals surface area contributed by atoms with E-state index >= 15 is 0 Å². The van der Waals surface area contributed by atoms with Gasteiger partial charge in [0.2, 0.25) is 5.91 Å². The molecule has 0 aromatic carbocycles. The van der Waals surface area contributed by atoms with Crippen LogP contribution >= 0.6 is 0 Å². The molecule has 0 rings (SSSR count). The number of nitrogens with zero attached hydrogens (tertiary/aromatic N) is 1. The summed E-state index contributed by atoms with van der Waals surface area (Å²) in [5, 5.41) is 0. The number of esters is 1. The first kappa shape index (κ1) is 15.2. The van der Waals surface area contributed by atoms with Crippen molar-refractivity contribution in [1.82, 2.24) is 4.90 Å². The molecule has 0 saturated carbocycles. The number of hydrogen-bond acceptors (Lipinski definition) is 3. The van der Waals surface area contributed by atoms with E-state index in [4.69, 9.17) is 4.74 Å². The highest BCUT2D eigenvalue weighted by molar-refractivity contribution is 5.90. The van der Waals surface area contributed by atoms with E-state index in [1.54, 1.807) is 25.2 Å². The van der Waals surface area contributed by atoms with Gasteiger partial charge in [0.05, 0.1) is 6.61 Å². The molecule has 0 aliphatic carbocycles. The molecule has 0 saturated heterocycles. The third-order valence-corrected chi connectivity index (χ3v) is 1.83. The highest BCUT2D eigenvalue weighted by Crippen LogP contribution is 1.95. The van der Waals surface area contributed by atoms with Crippen molar-refractivity contribution in [1.29, 1.82) is 0 Å². The van der Waals surface area contributed by atoms with Gasteiger partial charge in [0.25, 0.3) is 0 Å². The Morgan fingerprint density at radius 3 is 2.59 bits per heavy atom. The zero-order valence-corrected chi connectivity index (χ0v) is 10.4. The summed E-state index contributed by atoms with van der Waals surface area (Å²) in [6.07, 6.45) is 8.16. The van der Waals surface area contributed by atoms with Gasteiger partial charge in [-0.05, 0) is 13.8 Å². The largest absolute Gasteiger partial charge is 0.465 e. The number of carbonyl (C=O) groups is 2. The summed E-state index contributed by atoms with van der Waals surface area (Å²) < 4.78 is 4.79. The summed E-state index contributed by atoms with van der Waals surface area (Å²) in [7, 11) is 0. The van der Waals surface area contributed by atoms with Crippen molar-refractivity contribution in [3.05, 3.63) is 37.0 Å². The van der Waals surface area contributed by atoms with Gasteiger partial charge in [0.15, 0.2) is 0 Å². The molecule has 17 heavy (non-hydrogen) atoms. The van der Waals surface area contributed by atoms with Crippen molar-refractivity contribution in [2.75, 3.05) is 19.7 Å². The Morgan fingerprint density at radius 1 is 1.35 bits per heavy atom. The molecule has 0 aliphatic heterocycles. The van der Waals surface area contributed by atoms with Gasteiger partial charge >= 0.3 is 5.97 Å². The van der Waals surface area contributed by atoms with Gasteiger partial charge < -0.3 is 9.64 Å². The lowest BCUT2D eigenvalue weighted by Gasteiger charge is -2.17. The van der Waals surface area contributed by atoms with Crippen LogP contribution in [0.4, 0.5) is 0 Å². The van der Waals surface area contributed by atoms with Crippen LogP contribution in [-0.2, 0) is 14.3 Å². The molecule has 0 aliphatic rings. The van der Waals surface area contributed by atoms with E-state index in [1.807, 2.05) is 13.0 Å². The number of ether oxygens (including phenoxy) is 1. The molecular formula is C13H19NO3. The third kappa shape index (κ3) is 7.11. The van der Waals surface area contributed by atoms with E-state index in [1.165, 1.54) is 11.0 Å². The molecule has 94 valence electrons. The second kappa shape index (κ2) is 9.39. The molecule has 0 unspecified atom stereocenters. The summed E-state index contributed by atoms with van der Waals surface area (Å²) in [5.41, 5.74) is 0. The number of amides is 1. The maximum atomic E-state index is 11.7. The predicted molar refractivity (Wildman–Crippen MR) is 67.4 cm³/mol. The lowest BCUT2D eigenvalue weighted by molar-refractivity contribution is -0.147. The zero-order chi connectivity index (χ0) is 13.1. The Bertz CT molecular complexity index is 319. The van der Waals surface area contributed by atoms with Gasteiger partial charge in [-0.2, -0.15) is 0 Å². The first-order chi connectivity index (χ1) is 8.15. The topological polar surface area (TPSA) is 46.6 Å². The maximum absolute atomic E-state index is 11.7. The lowest BCUT2D eigenvalue weighted by atomic mass is 10.3. The quantitative estimate of drug-likeness (QED) is 0.293. The average Bonchev–Trinajstić information content (AvgIpc) is 2.29. The fourth-order valence-corrected chi connectivity index (χ4v) is 1.11. The Morgan fingerprint density at radius 2 is 2.06 bits per heavy atom. The first-order valence-electron chi connectivity index (χ1n) is 5.50. The summed E-state index contributed by atoms with van der Waals surface area (Å²) in [4.78, 5) is 24.3. The van der Waals surface area contributed by atoms with E-state index < -0.39 is 5.97 Å². The molecule has 0 heterocycles. The number of hydrogen-bond donors (Lipinski definition) is 0. The van der Waals surface area contributed by atoms with Gasteiger partial charge in [0.1, 0.15) is 6.54 Å². The van der Waals surface area contributed by atoms with E-state index in [-0.39, 0.29) is 12.5 Å². The second-order valence-corrected chi connectivity index (χ2v) is 3.20. The van der Waals surface area contributed by atoms with E-state index in [2.05, 4.69) is 6.58 Å². The fourth-order valence-electron chi connectivity index (χ4n) is 1.11. The Kier molecular flexibility index (Phi) is 8.37. The predicted octanol–water partition coefficient (Wildman–Crippen LogP) is 1.70. The van der Waals surface area contributed by atoms with Gasteiger partial charge in [-0.1, -0.05) is 24.3 Å². The molecule has 0 bridgehead atoms. The van der Waals surface area contributed by atoms with Crippen LogP contribution in [0, 0.1) is 0 Å². The molecular weight excluding hydrogens is 218 g/mol. The second-order valence-electron chi connectivity index (χ2n) is 3.20. The van der Waals surface area contributed by atoms with E-state index in [9.17, 15) is 9.59 Å². The van der Waals surface area contributed by atoms with E-state index in [0.29, 0.717) is 13.2 Å². The molecule has 4 nitrogen and oxygen atoms in total. The van der Waals surface area contributed by atoms with Crippen LogP contribution in [0.2, 0.25) is 0 Å². The monoisotopic (exact) mass is 237 g/mol. The molecule has 0 radical (unpaired) electrons. The number of allylic oxidation sites excluding steroid dienone is 3. The molecule has 1 amide bonds. The molecule has 4 heteroatoms. The standard InChI is InChI=1S/C13H19NO3/c1-4-7-8-9-12(15)14(10-5-2)11-13(16)17-6-3/h4-5,7-9H,2,6,10-11H2,1,3H3/b7-4?,9-8+. The van der Waals surface area contributed by atoms with Crippen LogP contribution in [0.3, 0.4) is 0 Å². The van der Waals surface area contributed by atoms with Gasteiger partial charge in [0, 0.05) is 12.6 Å². The summed E-state index contributed by atoms with van der Waals surface area (Å²) >= 11 is 0. The number of rotatable bonds is 7. The average molecular weight is 237 g/mol. The van der Waals surface area contributed by atoms with Crippen LogP contribution in [-0.4, -0.2) is 36.5 Å². The van der Waals surface area contributed by atoms with E-state index in [0.717, 1.165) is 0 Å². The third-order valence-electron chi connectivity index (χ3n) is 1.83. The van der Waals surface area contributed by atoms with Crippen molar-refractivity contribution in [2.45, 2.75) is 13.8 Å². The zero-order valence-electron chi connectivity index (χ0n) is 10.4. The van der Waals surface area contributed by atoms with Crippen LogP contribution in [0.5, 0.6) is 0 Å². The van der Waals surface area contributed by atoms with Gasteiger partial charge in [-0.25, -0.2) is 0 Å². The Hall–Kier alpha value is -1.84. The first-order valence-corrected chi connectivity index (χ1v) is 5.50. The highest BCUT2D eigenvalue weighted by Gasteiger charge is 2.13. The summed E-state index contributed by atoms with van der Waals surface area (Å²) in [6.45, 7) is 7.70. The smallest absolute Gasteiger partial charge is 0.325 e. The van der Waals surface area contributed by atoms with Gasteiger partial charge in [-0.3, -0.25) is 9.59 Å². The molecule has 0 spiro atoms. The van der Waals surface area contributed by atoms with Crippen LogP contribution in [0.25, 0.3) is 0 Å². The normalized spacial score (nSPS) is 10.7. The molecule has 0 N–H and O–H groups in total. The minimum Gasteiger partial charge on any atom is -0.465 e. The number of carbonyl (C=O) groups excluding carboxylic acids is 2. The van der Waals surface area contributed by atoms with Crippen molar-refractivity contribution in [3.8, 4) is 0 Å². The van der Waals surface area contributed by atoms with Crippen molar-refractivity contribution >= 4 is 11.9 Å². The SMILES string of the molecule is C=CCN(CC(=O)OCC)C(=O)/C=C/C=CC. The molecule has 0 aromatic heterocycles. The molecule has 0 aromatic rings. The molecule has 0 atom stereocenters. The Balaban J connectivity index is 4.44. The fraction of sp³-hybridized carbons (Fsp3) is 0.385. The van der Waals surface area contributed by atoms with Crippen LogP contribution in [0.15, 0.2) is 37.0 Å². The van der Waals surface area contributed by atoms with Crippen molar-refractivity contribution in [2.24, 2.45) is 0 Å². The maximum Gasteiger partial charge on any atom is 0.325 e. The van der Waals surface area contributed by atoms with Crippen molar-refractivity contribution < 1.29 is 14.3 Å². The van der Waals surface area contributed by atoms with Gasteiger partial charge in [-0.15, -0.1) is 6.58 Å². The van der Waals surface area contributed by atoms with Crippen LogP contribution < -0.4 is 0 Å². The summed E-state index contributed by atoms with van der Waals surface area (Å²) in [5.74, 6) is -0.654. The lowest BCUT2D eigenvalue weighted by Crippen LogP contribution is -2.35. The minimum absolute atomic E-state index is 0.0567. The van der Waals surface area contributed by atoms with Crippen molar-refractivity contribution in [3.63, 3.8) is 0 Å². The Labute approximate surface area is 102 Å². The highest BCUT2D eigenvalue weighted by atomic mass is 16.5. The molecule has 0 fully saturated rings. The summed E-state index contributed by atoms with van der Waals surface area (Å²) in [6, 6.07) is 0. The van der Waals surface area contributed by atoms with Crippen LogP contribution in [0.1, 0.15) is 13.8 Å².